The van der Waals surface area contributed by atoms with Crippen LogP contribution >= 0.6 is 0 Å². The number of hydrogen-bond donors (Lipinski definition) is 2. The Morgan fingerprint density at radius 1 is 1.38 bits per heavy atom. The minimum absolute atomic E-state index is 0.0284. The monoisotopic (exact) mass is 402 g/mol. The summed E-state index contributed by atoms with van der Waals surface area (Å²) in [7, 11) is 0. The third-order valence-corrected chi connectivity index (χ3v) is 5.70. The first kappa shape index (κ1) is 19.8. The molecule has 0 unspecified atom stereocenters. The summed E-state index contributed by atoms with van der Waals surface area (Å²) in [5.74, 6) is -0.923. The average Bonchev–Trinajstić information content (AvgIpc) is 3.30. The summed E-state index contributed by atoms with van der Waals surface area (Å²) in [6, 6.07) is 1.54. The van der Waals surface area contributed by atoms with E-state index in [1.807, 2.05) is 13.8 Å². The van der Waals surface area contributed by atoms with Crippen LogP contribution in [0.5, 0.6) is 0 Å². The quantitative estimate of drug-likeness (QED) is 0.795. The maximum absolute atomic E-state index is 13.2. The number of carbonyl (C=O) groups is 1. The van der Waals surface area contributed by atoms with E-state index in [0.29, 0.717) is 31.9 Å². The SMILES string of the molecule is CCn1c(=O)[nH]c(=O)c2c(C(=O)N[C@@H]3CCC4(C3)OCCO4)cc(C(C)C)nc21. The summed E-state index contributed by atoms with van der Waals surface area (Å²) < 4.78 is 12.8. The van der Waals surface area contributed by atoms with Crippen molar-refractivity contribution in [3.8, 4) is 0 Å². The number of rotatable bonds is 4. The summed E-state index contributed by atoms with van der Waals surface area (Å²) in [4.78, 5) is 44.8. The lowest BCUT2D eigenvalue weighted by molar-refractivity contribution is -0.151. The topological polar surface area (TPSA) is 115 Å². The molecule has 2 N–H and O–H groups in total. The fourth-order valence-electron chi connectivity index (χ4n) is 4.18. The van der Waals surface area contributed by atoms with E-state index >= 15 is 0 Å². The summed E-state index contributed by atoms with van der Waals surface area (Å²) in [5.41, 5.74) is -0.00875. The van der Waals surface area contributed by atoms with Gasteiger partial charge >= 0.3 is 5.69 Å². The molecule has 0 radical (unpaired) electrons. The largest absolute Gasteiger partial charge is 0.349 e. The van der Waals surface area contributed by atoms with Crippen molar-refractivity contribution in [2.75, 3.05) is 13.2 Å². The van der Waals surface area contributed by atoms with Crippen LogP contribution in [0.1, 0.15) is 62.0 Å². The van der Waals surface area contributed by atoms with Crippen LogP contribution in [0.25, 0.3) is 11.0 Å². The van der Waals surface area contributed by atoms with Crippen molar-refractivity contribution in [3.63, 3.8) is 0 Å². The highest BCUT2D eigenvalue weighted by Crippen LogP contribution is 2.37. The second-order valence-corrected chi connectivity index (χ2v) is 7.97. The lowest BCUT2D eigenvalue weighted by atomic mass is 10.0. The van der Waals surface area contributed by atoms with Gasteiger partial charge in [-0.1, -0.05) is 13.8 Å². The molecule has 0 bridgehead atoms. The van der Waals surface area contributed by atoms with Crippen LogP contribution in [0.4, 0.5) is 0 Å². The Balaban J connectivity index is 1.75. The predicted octanol–water partition coefficient (Wildman–Crippen LogP) is 1.25. The van der Waals surface area contributed by atoms with E-state index in [4.69, 9.17) is 9.47 Å². The van der Waals surface area contributed by atoms with Crippen molar-refractivity contribution in [1.29, 1.82) is 0 Å². The van der Waals surface area contributed by atoms with Crippen LogP contribution in [-0.2, 0) is 16.0 Å². The molecule has 0 aromatic carbocycles. The summed E-state index contributed by atoms with van der Waals surface area (Å²) in [6.07, 6.45) is 2.04. The minimum atomic E-state index is -0.604. The van der Waals surface area contributed by atoms with Gasteiger partial charge in [0.05, 0.1) is 24.2 Å². The maximum atomic E-state index is 13.2. The molecule has 1 aliphatic heterocycles. The van der Waals surface area contributed by atoms with E-state index in [2.05, 4.69) is 15.3 Å². The Hall–Kier alpha value is -2.52. The Bertz CT molecular complexity index is 1060. The molecule has 2 aromatic heterocycles. The Morgan fingerprint density at radius 2 is 2.10 bits per heavy atom. The molecule has 1 saturated carbocycles. The molecule has 29 heavy (non-hydrogen) atoms. The van der Waals surface area contributed by atoms with Gasteiger partial charge in [-0.05, 0) is 25.3 Å². The zero-order chi connectivity index (χ0) is 20.8. The number of carbonyl (C=O) groups excluding carboxylic acids is 1. The van der Waals surface area contributed by atoms with Crippen LogP contribution in [0.3, 0.4) is 0 Å². The molecule has 2 aliphatic rings. The molecule has 1 saturated heterocycles. The van der Waals surface area contributed by atoms with Crippen molar-refractivity contribution in [1.82, 2.24) is 19.9 Å². The fourth-order valence-corrected chi connectivity index (χ4v) is 4.18. The van der Waals surface area contributed by atoms with Crippen molar-refractivity contribution in [2.45, 2.75) is 64.3 Å². The minimum Gasteiger partial charge on any atom is -0.349 e. The molecule has 3 heterocycles. The fraction of sp³-hybridized carbons (Fsp3) is 0.600. The number of H-pyrrole nitrogens is 1. The number of hydrogen-bond acceptors (Lipinski definition) is 6. The third-order valence-electron chi connectivity index (χ3n) is 5.70. The zero-order valence-corrected chi connectivity index (χ0v) is 16.9. The van der Waals surface area contributed by atoms with E-state index in [-0.39, 0.29) is 34.5 Å². The van der Waals surface area contributed by atoms with Gasteiger partial charge in [0.2, 0.25) is 0 Å². The summed E-state index contributed by atoms with van der Waals surface area (Å²) >= 11 is 0. The second kappa shape index (κ2) is 7.38. The Kier molecular flexibility index (Phi) is 5.04. The molecule has 9 nitrogen and oxygen atoms in total. The lowest BCUT2D eigenvalue weighted by Crippen LogP contribution is -2.37. The first-order chi connectivity index (χ1) is 13.8. The van der Waals surface area contributed by atoms with E-state index in [9.17, 15) is 14.4 Å². The van der Waals surface area contributed by atoms with E-state index in [1.165, 1.54) is 4.57 Å². The van der Waals surface area contributed by atoms with Crippen molar-refractivity contribution >= 4 is 16.9 Å². The van der Waals surface area contributed by atoms with Gasteiger partial charge in [-0.2, -0.15) is 0 Å². The van der Waals surface area contributed by atoms with E-state index in [1.54, 1.807) is 13.0 Å². The first-order valence-electron chi connectivity index (χ1n) is 10.1. The number of nitrogens with one attached hydrogen (secondary N) is 2. The number of aromatic nitrogens is 3. The third kappa shape index (κ3) is 3.49. The second-order valence-electron chi connectivity index (χ2n) is 7.97. The molecule has 2 aromatic rings. The average molecular weight is 402 g/mol. The molecule has 9 heteroatoms. The normalized spacial score (nSPS) is 20.8. The molecule has 1 atom stereocenters. The van der Waals surface area contributed by atoms with Gasteiger partial charge < -0.3 is 14.8 Å². The van der Waals surface area contributed by atoms with Crippen LogP contribution in [0.15, 0.2) is 15.7 Å². The molecular formula is C20H26N4O5. The van der Waals surface area contributed by atoms with Gasteiger partial charge in [0.15, 0.2) is 11.4 Å². The van der Waals surface area contributed by atoms with Crippen LogP contribution in [0, 0.1) is 0 Å². The van der Waals surface area contributed by atoms with Gasteiger partial charge in [-0.3, -0.25) is 19.1 Å². The van der Waals surface area contributed by atoms with E-state index in [0.717, 1.165) is 12.8 Å². The number of amides is 1. The molecule has 156 valence electrons. The molecule has 4 rings (SSSR count). The van der Waals surface area contributed by atoms with Gasteiger partial charge in [-0.15, -0.1) is 0 Å². The molecule has 1 aliphatic carbocycles. The molecular weight excluding hydrogens is 376 g/mol. The molecule has 1 spiro atoms. The number of aromatic amines is 1. The summed E-state index contributed by atoms with van der Waals surface area (Å²) in [6.45, 7) is 7.16. The molecule has 1 amide bonds. The van der Waals surface area contributed by atoms with Crippen LogP contribution in [-0.4, -0.2) is 45.5 Å². The van der Waals surface area contributed by atoms with Gasteiger partial charge in [0.1, 0.15) is 0 Å². The predicted molar refractivity (Wildman–Crippen MR) is 106 cm³/mol. The van der Waals surface area contributed by atoms with Crippen LogP contribution < -0.4 is 16.6 Å². The zero-order valence-electron chi connectivity index (χ0n) is 16.9. The molecule has 2 fully saturated rings. The smallest absolute Gasteiger partial charge is 0.329 e. The van der Waals surface area contributed by atoms with E-state index < -0.39 is 17.0 Å². The van der Waals surface area contributed by atoms with Crippen molar-refractivity contribution in [3.05, 3.63) is 38.2 Å². The standard InChI is InChI=1S/C20H26N4O5/c1-4-24-16-15(18(26)23-19(24)27)13(9-14(22-16)11(2)3)17(25)21-12-5-6-20(10-12)28-7-8-29-20/h9,11-12H,4-8,10H2,1-3H3,(H,21,25)(H,23,26,27)/t12-/m1/s1. The number of pyridine rings is 1. The Morgan fingerprint density at radius 3 is 2.76 bits per heavy atom. The lowest BCUT2D eigenvalue weighted by Gasteiger charge is -2.22. The highest BCUT2D eigenvalue weighted by Gasteiger charge is 2.44. The highest BCUT2D eigenvalue weighted by molar-refractivity contribution is 6.05. The summed E-state index contributed by atoms with van der Waals surface area (Å²) in [5, 5.41) is 3.15. The van der Waals surface area contributed by atoms with Gasteiger partial charge in [0.25, 0.3) is 11.5 Å². The Labute approximate surface area is 167 Å². The van der Waals surface area contributed by atoms with Gasteiger partial charge in [-0.25, -0.2) is 9.78 Å². The van der Waals surface area contributed by atoms with Crippen LogP contribution in [0.2, 0.25) is 0 Å². The van der Waals surface area contributed by atoms with Crippen molar-refractivity contribution < 1.29 is 14.3 Å². The number of nitrogens with zero attached hydrogens (tertiary/aromatic N) is 2. The number of aryl methyl sites for hydroxylation is 1. The van der Waals surface area contributed by atoms with Crippen molar-refractivity contribution in [2.24, 2.45) is 0 Å². The van der Waals surface area contributed by atoms with Gasteiger partial charge in [0, 0.05) is 31.1 Å². The maximum Gasteiger partial charge on any atom is 0.329 e. The first-order valence-corrected chi connectivity index (χ1v) is 10.1. The number of ether oxygens (including phenoxy) is 2. The highest BCUT2D eigenvalue weighted by atomic mass is 16.7. The number of fused-ring (bicyclic) bond motifs is 1.